The summed E-state index contributed by atoms with van der Waals surface area (Å²) in [5.41, 5.74) is -1.43. The van der Waals surface area contributed by atoms with Gasteiger partial charge in [0.05, 0.1) is 18.9 Å². The van der Waals surface area contributed by atoms with Crippen molar-refractivity contribution in [3.05, 3.63) is 0 Å². The maximum Gasteiger partial charge on any atom is 0.313 e. The highest BCUT2D eigenvalue weighted by Crippen LogP contribution is 2.66. The van der Waals surface area contributed by atoms with E-state index in [0.29, 0.717) is 6.42 Å². The quantitative estimate of drug-likeness (QED) is 0.672. The van der Waals surface area contributed by atoms with Gasteiger partial charge in [0.2, 0.25) is 0 Å². The molecule has 1 heterocycles. The van der Waals surface area contributed by atoms with Gasteiger partial charge < -0.3 is 9.47 Å². The molecule has 2 aliphatic rings. The van der Waals surface area contributed by atoms with Crippen molar-refractivity contribution >= 4 is 11.9 Å². The Hall–Kier alpha value is -1.06. The summed E-state index contributed by atoms with van der Waals surface area (Å²) >= 11 is 0. The van der Waals surface area contributed by atoms with Crippen molar-refractivity contribution in [2.24, 2.45) is 10.8 Å². The summed E-state index contributed by atoms with van der Waals surface area (Å²) in [4.78, 5) is 23.5. The van der Waals surface area contributed by atoms with Crippen LogP contribution in [-0.4, -0.2) is 24.6 Å². The Labute approximate surface area is 95.3 Å². The van der Waals surface area contributed by atoms with Gasteiger partial charge in [-0.15, -0.1) is 0 Å². The van der Waals surface area contributed by atoms with E-state index < -0.39 is 11.0 Å². The average molecular weight is 226 g/mol. The van der Waals surface area contributed by atoms with Gasteiger partial charge in [-0.1, -0.05) is 13.8 Å². The zero-order valence-corrected chi connectivity index (χ0v) is 10.3. The number of hydrogen-bond donors (Lipinski definition) is 0. The minimum atomic E-state index is -0.686. The SMILES string of the molecule is COC(=O)C[C@@]12CC[C@@](C)(OC1=O)C2(C)C. The molecule has 16 heavy (non-hydrogen) atoms. The molecule has 1 aliphatic heterocycles. The summed E-state index contributed by atoms with van der Waals surface area (Å²) in [6.07, 6.45) is 1.66. The van der Waals surface area contributed by atoms with E-state index in [1.807, 2.05) is 20.8 Å². The highest BCUT2D eigenvalue weighted by molar-refractivity contribution is 5.87. The Morgan fingerprint density at radius 3 is 2.38 bits per heavy atom. The number of fused-ring (bicyclic) bond motifs is 2. The van der Waals surface area contributed by atoms with Crippen molar-refractivity contribution in [3.8, 4) is 0 Å². The average Bonchev–Trinajstić information content (AvgIpc) is 2.46. The van der Waals surface area contributed by atoms with Gasteiger partial charge >= 0.3 is 11.9 Å². The largest absolute Gasteiger partial charge is 0.469 e. The zero-order chi connectivity index (χ0) is 12.2. The molecule has 0 aromatic carbocycles. The maximum absolute atomic E-state index is 12.0. The van der Waals surface area contributed by atoms with Crippen LogP contribution in [0.1, 0.15) is 40.0 Å². The summed E-state index contributed by atoms with van der Waals surface area (Å²) < 4.78 is 10.2. The summed E-state index contributed by atoms with van der Waals surface area (Å²) in [7, 11) is 1.35. The molecule has 0 N–H and O–H groups in total. The third-order valence-corrected chi connectivity index (χ3v) is 4.93. The second kappa shape index (κ2) is 2.99. The highest BCUT2D eigenvalue weighted by Gasteiger charge is 2.73. The van der Waals surface area contributed by atoms with E-state index >= 15 is 0 Å². The minimum Gasteiger partial charge on any atom is -0.469 e. The van der Waals surface area contributed by atoms with Crippen LogP contribution in [0.15, 0.2) is 0 Å². The van der Waals surface area contributed by atoms with Gasteiger partial charge in [-0.3, -0.25) is 9.59 Å². The number of esters is 2. The van der Waals surface area contributed by atoms with Gasteiger partial charge in [0, 0.05) is 5.41 Å². The van der Waals surface area contributed by atoms with Crippen LogP contribution in [0.2, 0.25) is 0 Å². The van der Waals surface area contributed by atoms with E-state index in [1.165, 1.54) is 7.11 Å². The predicted molar refractivity (Wildman–Crippen MR) is 56.6 cm³/mol. The van der Waals surface area contributed by atoms with Crippen LogP contribution in [0.4, 0.5) is 0 Å². The lowest BCUT2D eigenvalue weighted by Crippen LogP contribution is -2.41. The molecule has 4 heteroatoms. The highest BCUT2D eigenvalue weighted by atomic mass is 16.6. The van der Waals surface area contributed by atoms with Gasteiger partial charge in [0.25, 0.3) is 0 Å². The fourth-order valence-electron chi connectivity index (χ4n) is 3.12. The van der Waals surface area contributed by atoms with E-state index in [2.05, 4.69) is 4.74 Å². The molecule has 1 aliphatic carbocycles. The molecular weight excluding hydrogens is 208 g/mol. The maximum atomic E-state index is 12.0. The number of ether oxygens (including phenoxy) is 2. The van der Waals surface area contributed by atoms with Gasteiger partial charge in [-0.2, -0.15) is 0 Å². The first-order chi connectivity index (χ1) is 7.29. The van der Waals surface area contributed by atoms with Gasteiger partial charge in [-0.05, 0) is 19.8 Å². The fraction of sp³-hybridized carbons (Fsp3) is 0.833. The summed E-state index contributed by atoms with van der Waals surface area (Å²) in [5.74, 6) is -0.576. The second-order valence-electron chi connectivity index (χ2n) is 5.58. The molecule has 2 bridgehead atoms. The van der Waals surface area contributed by atoms with Gasteiger partial charge in [0.15, 0.2) is 0 Å². The topological polar surface area (TPSA) is 52.6 Å². The summed E-state index contributed by atoms with van der Waals surface area (Å²) in [6.45, 7) is 5.97. The van der Waals surface area contributed by atoms with Crippen LogP contribution >= 0.6 is 0 Å². The lowest BCUT2D eigenvalue weighted by atomic mass is 9.64. The number of carbonyl (C=O) groups is 2. The molecule has 1 saturated carbocycles. The predicted octanol–water partition coefficient (Wildman–Crippen LogP) is 1.67. The van der Waals surface area contributed by atoms with E-state index in [-0.39, 0.29) is 23.8 Å². The molecule has 4 nitrogen and oxygen atoms in total. The van der Waals surface area contributed by atoms with Crippen LogP contribution in [-0.2, 0) is 19.1 Å². The molecule has 0 unspecified atom stereocenters. The van der Waals surface area contributed by atoms with E-state index in [9.17, 15) is 9.59 Å². The van der Waals surface area contributed by atoms with Crippen molar-refractivity contribution in [2.45, 2.75) is 45.6 Å². The smallest absolute Gasteiger partial charge is 0.313 e. The van der Waals surface area contributed by atoms with Crippen LogP contribution in [0, 0.1) is 10.8 Å². The summed E-state index contributed by atoms with van der Waals surface area (Å²) in [5, 5.41) is 0. The van der Waals surface area contributed by atoms with Gasteiger partial charge in [0.1, 0.15) is 5.60 Å². The van der Waals surface area contributed by atoms with Crippen molar-refractivity contribution in [2.75, 3.05) is 7.11 Å². The number of methoxy groups -OCH3 is 1. The monoisotopic (exact) mass is 226 g/mol. The van der Waals surface area contributed by atoms with Crippen molar-refractivity contribution in [1.29, 1.82) is 0 Å². The molecule has 0 aromatic heterocycles. The Bertz CT molecular complexity index is 360. The van der Waals surface area contributed by atoms with E-state index in [0.717, 1.165) is 6.42 Å². The first-order valence-electron chi connectivity index (χ1n) is 5.59. The first kappa shape index (κ1) is 11.4. The molecule has 2 atom stereocenters. The molecule has 0 aromatic rings. The third kappa shape index (κ3) is 1.05. The normalized spacial score (nSPS) is 39.6. The molecular formula is C12H18O4. The number of carbonyl (C=O) groups excluding carboxylic acids is 2. The number of rotatable bonds is 2. The van der Waals surface area contributed by atoms with E-state index in [1.54, 1.807) is 0 Å². The van der Waals surface area contributed by atoms with Gasteiger partial charge in [-0.25, -0.2) is 0 Å². The first-order valence-corrected chi connectivity index (χ1v) is 5.59. The second-order valence-corrected chi connectivity index (χ2v) is 5.58. The van der Waals surface area contributed by atoms with Crippen LogP contribution < -0.4 is 0 Å². The molecule has 2 rings (SSSR count). The zero-order valence-electron chi connectivity index (χ0n) is 10.3. The fourth-order valence-corrected chi connectivity index (χ4v) is 3.12. The molecule has 0 radical (unpaired) electrons. The van der Waals surface area contributed by atoms with Crippen LogP contribution in [0.25, 0.3) is 0 Å². The van der Waals surface area contributed by atoms with Crippen LogP contribution in [0.5, 0.6) is 0 Å². The van der Waals surface area contributed by atoms with Crippen molar-refractivity contribution in [3.63, 3.8) is 0 Å². The lowest BCUT2D eigenvalue weighted by Gasteiger charge is -2.35. The Kier molecular flexibility index (Phi) is 2.14. The molecule has 1 saturated heterocycles. The molecule has 2 fully saturated rings. The summed E-state index contributed by atoms with van der Waals surface area (Å²) in [6, 6.07) is 0. The Morgan fingerprint density at radius 2 is 2.00 bits per heavy atom. The van der Waals surface area contributed by atoms with Crippen molar-refractivity contribution < 1.29 is 19.1 Å². The molecule has 0 amide bonds. The molecule has 0 spiro atoms. The standard InChI is InChI=1S/C12H18O4/c1-10(2)11(3)5-6-12(10,9(14)16-11)7-8(13)15-4/h5-7H2,1-4H3/t11-,12+/m1/s1. The van der Waals surface area contributed by atoms with E-state index in [4.69, 9.17) is 4.74 Å². The van der Waals surface area contributed by atoms with Crippen molar-refractivity contribution in [1.82, 2.24) is 0 Å². The number of hydrogen-bond acceptors (Lipinski definition) is 4. The van der Waals surface area contributed by atoms with Crippen LogP contribution in [0.3, 0.4) is 0 Å². The lowest BCUT2D eigenvalue weighted by molar-refractivity contribution is -0.163. The Morgan fingerprint density at radius 1 is 1.38 bits per heavy atom. The molecule has 90 valence electrons. The third-order valence-electron chi connectivity index (χ3n) is 4.93. The minimum absolute atomic E-state index is 0.130. The Balaban J connectivity index is 2.39.